The van der Waals surface area contributed by atoms with E-state index in [0.717, 1.165) is 0 Å². The number of hydrogen-bond acceptors (Lipinski definition) is 8. The van der Waals surface area contributed by atoms with E-state index in [1.54, 1.807) is 6.08 Å². The molecule has 0 spiro atoms. The highest BCUT2D eigenvalue weighted by Crippen LogP contribution is 2.50. The van der Waals surface area contributed by atoms with Gasteiger partial charge in [0.2, 0.25) is 0 Å². The van der Waals surface area contributed by atoms with E-state index in [1.807, 2.05) is 0 Å². The summed E-state index contributed by atoms with van der Waals surface area (Å²) >= 11 is 0. The Labute approximate surface area is 194 Å². The summed E-state index contributed by atoms with van der Waals surface area (Å²) in [6.45, 7) is 0. The van der Waals surface area contributed by atoms with Crippen LogP contribution >= 0.6 is 0 Å². The number of allylic oxidation sites excluding steroid dienone is 4. The first-order valence-electron chi connectivity index (χ1n) is 9.95. The highest BCUT2D eigenvalue weighted by atomic mass is 32.2. The molecule has 0 saturated heterocycles. The smallest absolute Gasteiger partial charge is 0.335 e. The predicted molar refractivity (Wildman–Crippen MR) is 122 cm³/mol. The van der Waals surface area contributed by atoms with Crippen LogP contribution in [0, 0.1) is 0 Å². The lowest BCUT2D eigenvalue weighted by atomic mass is 9.83. The Hall–Kier alpha value is -3.23. The average Bonchev–Trinajstić information content (AvgIpc) is 2.95. The van der Waals surface area contributed by atoms with Gasteiger partial charge in [-0.2, -0.15) is 16.8 Å². The molecule has 0 saturated carbocycles. The zero-order chi connectivity index (χ0) is 25.0. The first-order chi connectivity index (χ1) is 15.8. The molecule has 0 bridgehead atoms. The quantitative estimate of drug-likeness (QED) is 0.292. The maximum Gasteiger partial charge on any atom is 0.335 e. The minimum Gasteiger partial charge on any atom is -0.478 e. The molecular weight excluding hydrogens is 488 g/mol. The summed E-state index contributed by atoms with van der Waals surface area (Å²) in [6.07, 6.45) is 7.41. The molecular formula is C21H20N2O9S2. The normalized spacial score (nSPS) is 20.6. The van der Waals surface area contributed by atoms with E-state index < -0.39 is 59.2 Å². The second-order valence-corrected chi connectivity index (χ2v) is 10.5. The van der Waals surface area contributed by atoms with Gasteiger partial charge in [-0.25, -0.2) is 4.79 Å². The lowest BCUT2D eigenvalue weighted by Gasteiger charge is -2.31. The molecule has 7 N–H and O–H groups in total. The molecule has 3 aliphatic rings. The SMILES string of the molecule is Nc1ccc2c(c1S(=O)(=O)O)OC1=C(S(=O)(=O)O)C(N)C=CC1=C2C1=CCCCC=C1C(=O)O. The van der Waals surface area contributed by atoms with E-state index in [-0.39, 0.29) is 27.9 Å². The molecule has 0 radical (unpaired) electrons. The largest absolute Gasteiger partial charge is 0.478 e. The molecule has 180 valence electrons. The van der Waals surface area contributed by atoms with Crippen LogP contribution in [0.3, 0.4) is 0 Å². The molecule has 13 heteroatoms. The van der Waals surface area contributed by atoms with Gasteiger partial charge in [-0.1, -0.05) is 24.3 Å². The maximum absolute atomic E-state index is 12.2. The number of anilines is 1. The van der Waals surface area contributed by atoms with Crippen molar-refractivity contribution < 1.29 is 40.6 Å². The van der Waals surface area contributed by atoms with Gasteiger partial charge in [0.05, 0.1) is 17.3 Å². The maximum atomic E-state index is 12.2. The molecule has 11 nitrogen and oxygen atoms in total. The number of carboxylic acids is 1. The van der Waals surface area contributed by atoms with Crippen LogP contribution in [-0.2, 0) is 25.0 Å². The third kappa shape index (κ3) is 3.97. The Morgan fingerprint density at radius 1 is 1.06 bits per heavy atom. The summed E-state index contributed by atoms with van der Waals surface area (Å²) < 4.78 is 74.1. The Balaban J connectivity index is 2.21. The number of ether oxygens (including phenoxy) is 1. The Morgan fingerprint density at radius 3 is 2.35 bits per heavy atom. The fourth-order valence-electron chi connectivity index (χ4n) is 4.19. The number of hydrogen-bond donors (Lipinski definition) is 5. The van der Waals surface area contributed by atoms with E-state index in [0.29, 0.717) is 19.3 Å². The second-order valence-electron chi connectivity index (χ2n) is 7.75. The molecule has 1 atom stereocenters. The average molecular weight is 509 g/mol. The van der Waals surface area contributed by atoms with Gasteiger partial charge in [0.15, 0.2) is 16.4 Å². The van der Waals surface area contributed by atoms with Crippen LogP contribution in [-0.4, -0.2) is 43.1 Å². The summed E-state index contributed by atoms with van der Waals surface area (Å²) in [5.74, 6) is -2.27. The first-order valence-corrected chi connectivity index (χ1v) is 12.8. The summed E-state index contributed by atoms with van der Waals surface area (Å²) in [5, 5.41) is 9.85. The third-order valence-corrected chi connectivity index (χ3v) is 7.51. The molecule has 0 fully saturated rings. The van der Waals surface area contributed by atoms with Crippen LogP contribution in [0.15, 0.2) is 68.7 Å². The van der Waals surface area contributed by atoms with Gasteiger partial charge in [0.1, 0.15) is 4.91 Å². The number of aliphatic carboxylic acids is 1. The zero-order valence-corrected chi connectivity index (χ0v) is 19.1. The number of carboxylic acid groups (broad SMARTS) is 1. The fourth-order valence-corrected chi connectivity index (χ4v) is 5.75. The van der Waals surface area contributed by atoms with E-state index in [1.165, 1.54) is 30.4 Å². The van der Waals surface area contributed by atoms with E-state index in [9.17, 15) is 35.8 Å². The molecule has 0 amide bonds. The predicted octanol–water partition coefficient (Wildman–Crippen LogP) is 1.78. The molecule has 2 aliphatic carbocycles. The van der Waals surface area contributed by atoms with Gasteiger partial charge in [-0.15, -0.1) is 0 Å². The zero-order valence-electron chi connectivity index (χ0n) is 17.4. The molecule has 1 aliphatic heterocycles. The van der Waals surface area contributed by atoms with E-state index >= 15 is 0 Å². The molecule has 1 unspecified atom stereocenters. The number of fused-ring (bicyclic) bond motifs is 2. The Bertz CT molecular complexity index is 1490. The van der Waals surface area contributed by atoms with E-state index in [2.05, 4.69) is 0 Å². The molecule has 1 aromatic rings. The summed E-state index contributed by atoms with van der Waals surface area (Å²) in [5.41, 5.74) is 11.6. The summed E-state index contributed by atoms with van der Waals surface area (Å²) in [7, 11) is -9.92. The highest BCUT2D eigenvalue weighted by Gasteiger charge is 2.40. The number of nitrogens with two attached hydrogens (primary N) is 2. The first kappa shape index (κ1) is 23.9. The van der Waals surface area contributed by atoms with Crippen LogP contribution in [0.5, 0.6) is 5.75 Å². The standard InChI is InChI=1S/C21H20N2O9S2/c22-14-8-6-12-16(10-4-2-1-3-5-11(10)21(24)25)13-7-9-15(23)20(34(29,30)31)18(13)32-17(12)19(14)33(26,27)28/h4-9,14H,1-3,22-23H2,(H,24,25)(H,26,27,28)(H,29,30,31). The monoisotopic (exact) mass is 508 g/mol. The molecule has 1 heterocycles. The molecule has 4 rings (SSSR count). The van der Waals surface area contributed by atoms with Crippen molar-refractivity contribution in [3.05, 3.63) is 69.4 Å². The lowest BCUT2D eigenvalue weighted by Crippen LogP contribution is -2.32. The van der Waals surface area contributed by atoms with Crippen molar-refractivity contribution in [2.24, 2.45) is 5.73 Å². The van der Waals surface area contributed by atoms with Gasteiger partial charge in [0.25, 0.3) is 20.2 Å². The van der Waals surface area contributed by atoms with Crippen molar-refractivity contribution in [1.82, 2.24) is 0 Å². The van der Waals surface area contributed by atoms with Crippen molar-refractivity contribution in [1.29, 1.82) is 0 Å². The van der Waals surface area contributed by atoms with Gasteiger partial charge in [0, 0.05) is 16.7 Å². The van der Waals surface area contributed by atoms with Crippen molar-refractivity contribution in [3.8, 4) is 5.75 Å². The van der Waals surface area contributed by atoms with Crippen LogP contribution in [0.4, 0.5) is 5.69 Å². The molecule has 34 heavy (non-hydrogen) atoms. The number of rotatable bonds is 4. The van der Waals surface area contributed by atoms with Crippen molar-refractivity contribution >= 4 is 37.5 Å². The highest BCUT2D eigenvalue weighted by molar-refractivity contribution is 7.90. The van der Waals surface area contributed by atoms with Crippen LogP contribution in [0.1, 0.15) is 24.8 Å². The van der Waals surface area contributed by atoms with Crippen molar-refractivity contribution in [2.45, 2.75) is 30.2 Å². The number of benzene rings is 1. The van der Waals surface area contributed by atoms with Gasteiger partial charge in [-0.05, 0) is 37.0 Å². The molecule has 0 aromatic heterocycles. The lowest BCUT2D eigenvalue weighted by molar-refractivity contribution is -0.132. The van der Waals surface area contributed by atoms with Crippen LogP contribution in [0.25, 0.3) is 5.57 Å². The van der Waals surface area contributed by atoms with Gasteiger partial charge in [-0.3, -0.25) is 9.11 Å². The summed E-state index contributed by atoms with van der Waals surface area (Å²) in [4.78, 5) is 10.5. The molecule has 1 aromatic carbocycles. The fraction of sp³-hybridized carbons (Fsp3) is 0.190. The van der Waals surface area contributed by atoms with Crippen molar-refractivity contribution in [3.63, 3.8) is 0 Å². The van der Waals surface area contributed by atoms with E-state index in [4.69, 9.17) is 16.2 Å². The minimum atomic E-state index is -4.98. The topological polar surface area (TPSA) is 207 Å². The second kappa shape index (κ2) is 8.21. The Morgan fingerprint density at radius 2 is 1.74 bits per heavy atom. The number of nitrogen functional groups attached to an aromatic ring is 1. The minimum absolute atomic E-state index is 0.0516. The van der Waals surface area contributed by atoms with Crippen LogP contribution < -0.4 is 16.2 Å². The van der Waals surface area contributed by atoms with Crippen molar-refractivity contribution in [2.75, 3.05) is 5.73 Å². The summed E-state index contributed by atoms with van der Waals surface area (Å²) in [6, 6.07) is 1.23. The van der Waals surface area contributed by atoms with Gasteiger partial charge >= 0.3 is 5.97 Å². The van der Waals surface area contributed by atoms with Gasteiger partial charge < -0.3 is 21.3 Å². The number of carbonyl (C=O) groups is 1. The Kier molecular flexibility index (Phi) is 5.78. The van der Waals surface area contributed by atoms with Crippen LogP contribution in [0.2, 0.25) is 0 Å². The third-order valence-electron chi connectivity index (χ3n) is 5.56.